The summed E-state index contributed by atoms with van der Waals surface area (Å²) < 4.78 is 6.30. The van der Waals surface area contributed by atoms with Crippen LogP contribution in [0, 0.1) is 3.57 Å². The first-order valence-electron chi connectivity index (χ1n) is 10.4. The molecule has 1 unspecified atom stereocenters. The summed E-state index contributed by atoms with van der Waals surface area (Å²) in [6.07, 6.45) is 0.0800. The van der Waals surface area contributed by atoms with Crippen molar-refractivity contribution in [2.45, 2.75) is 18.2 Å². The molecule has 0 radical (unpaired) electrons. The van der Waals surface area contributed by atoms with Gasteiger partial charge in [-0.25, -0.2) is 4.99 Å². The van der Waals surface area contributed by atoms with Gasteiger partial charge in [-0.15, -0.1) is 0 Å². The molecule has 1 saturated heterocycles. The van der Waals surface area contributed by atoms with Crippen molar-refractivity contribution in [2.24, 2.45) is 4.99 Å². The SMILES string of the molecule is COc1ccc(CN2C(=O)CC(C(=O)Nc3ccc(I)cc3)SC2=Nc2ccc(Cl)cc2)cc1. The van der Waals surface area contributed by atoms with E-state index in [1.807, 2.05) is 48.5 Å². The number of rotatable bonds is 6. The third-order valence-electron chi connectivity index (χ3n) is 5.09. The number of ether oxygens (including phenoxy) is 1. The van der Waals surface area contributed by atoms with Crippen molar-refractivity contribution in [1.29, 1.82) is 0 Å². The van der Waals surface area contributed by atoms with Crippen molar-refractivity contribution in [3.8, 4) is 5.75 Å². The summed E-state index contributed by atoms with van der Waals surface area (Å²) in [5.41, 5.74) is 2.27. The molecule has 0 aromatic heterocycles. The predicted octanol–water partition coefficient (Wildman–Crippen LogP) is 6.11. The molecule has 174 valence electrons. The zero-order chi connectivity index (χ0) is 24.1. The molecule has 1 N–H and O–H groups in total. The molecule has 9 heteroatoms. The standard InChI is InChI=1S/C25H21ClIN3O3S/c1-33-21-12-2-16(3-13-21)15-30-23(31)14-22(24(32)28-19-10-6-18(27)7-11-19)34-25(30)29-20-8-4-17(26)5-9-20/h2-13,22H,14-15H2,1H3,(H,28,32). The molecule has 1 atom stereocenters. The molecule has 2 amide bonds. The Kier molecular flexibility index (Phi) is 8.12. The first kappa shape index (κ1) is 24.6. The Balaban J connectivity index is 1.58. The number of hydrogen-bond acceptors (Lipinski definition) is 5. The molecule has 3 aromatic carbocycles. The average molecular weight is 606 g/mol. The number of methoxy groups -OCH3 is 1. The van der Waals surface area contributed by atoms with Gasteiger partial charge < -0.3 is 10.1 Å². The largest absolute Gasteiger partial charge is 0.497 e. The highest BCUT2D eigenvalue weighted by atomic mass is 127. The summed E-state index contributed by atoms with van der Waals surface area (Å²) in [6.45, 7) is 0.341. The second kappa shape index (κ2) is 11.2. The second-order valence-electron chi connectivity index (χ2n) is 7.51. The molecular weight excluding hydrogens is 585 g/mol. The van der Waals surface area contributed by atoms with Gasteiger partial charge in [0.05, 0.1) is 19.3 Å². The monoisotopic (exact) mass is 605 g/mol. The highest BCUT2D eigenvalue weighted by Gasteiger charge is 2.36. The number of thioether (sulfide) groups is 1. The Labute approximate surface area is 220 Å². The number of nitrogens with one attached hydrogen (secondary N) is 1. The van der Waals surface area contributed by atoms with Crippen LogP contribution in [0.15, 0.2) is 77.8 Å². The van der Waals surface area contributed by atoms with Crippen molar-refractivity contribution in [1.82, 2.24) is 4.90 Å². The van der Waals surface area contributed by atoms with Gasteiger partial charge in [0.1, 0.15) is 11.0 Å². The Bertz CT molecular complexity index is 1200. The number of aliphatic imine (C=N–C) groups is 1. The zero-order valence-corrected chi connectivity index (χ0v) is 21.9. The van der Waals surface area contributed by atoms with Gasteiger partial charge in [0, 0.05) is 20.7 Å². The summed E-state index contributed by atoms with van der Waals surface area (Å²) >= 11 is 9.50. The lowest BCUT2D eigenvalue weighted by Crippen LogP contribution is -2.44. The van der Waals surface area contributed by atoms with Gasteiger partial charge in [0.15, 0.2) is 5.17 Å². The van der Waals surface area contributed by atoms with Crippen LogP contribution in [0.5, 0.6) is 5.75 Å². The highest BCUT2D eigenvalue weighted by molar-refractivity contribution is 14.1. The minimum Gasteiger partial charge on any atom is -0.497 e. The van der Waals surface area contributed by atoms with Crippen LogP contribution in [0.3, 0.4) is 0 Å². The van der Waals surface area contributed by atoms with Gasteiger partial charge in [-0.05, 0) is 88.8 Å². The van der Waals surface area contributed by atoms with E-state index in [0.29, 0.717) is 28.1 Å². The van der Waals surface area contributed by atoms with Crippen LogP contribution in [0.2, 0.25) is 5.02 Å². The molecule has 0 saturated carbocycles. The second-order valence-corrected chi connectivity index (χ2v) is 10.4. The molecule has 34 heavy (non-hydrogen) atoms. The van der Waals surface area contributed by atoms with E-state index in [0.717, 1.165) is 14.9 Å². The predicted molar refractivity (Wildman–Crippen MR) is 146 cm³/mol. The summed E-state index contributed by atoms with van der Waals surface area (Å²) in [7, 11) is 1.61. The van der Waals surface area contributed by atoms with Gasteiger partial charge in [-0.1, -0.05) is 35.5 Å². The van der Waals surface area contributed by atoms with Crippen LogP contribution in [-0.4, -0.2) is 34.2 Å². The lowest BCUT2D eigenvalue weighted by molar-refractivity contribution is -0.129. The van der Waals surface area contributed by atoms with E-state index >= 15 is 0 Å². The van der Waals surface area contributed by atoms with E-state index in [2.05, 4.69) is 27.9 Å². The van der Waals surface area contributed by atoms with E-state index in [-0.39, 0.29) is 18.2 Å². The van der Waals surface area contributed by atoms with Gasteiger partial charge in [-0.2, -0.15) is 0 Å². The van der Waals surface area contributed by atoms with Gasteiger partial charge in [0.2, 0.25) is 11.8 Å². The summed E-state index contributed by atoms with van der Waals surface area (Å²) in [4.78, 5) is 32.5. The smallest absolute Gasteiger partial charge is 0.238 e. The molecule has 3 aromatic rings. The van der Waals surface area contributed by atoms with Crippen LogP contribution in [0.25, 0.3) is 0 Å². The lowest BCUT2D eigenvalue weighted by atomic mass is 10.2. The average Bonchev–Trinajstić information content (AvgIpc) is 2.84. The number of amides is 2. The number of carbonyl (C=O) groups excluding carboxylic acids is 2. The Hall–Kier alpha value is -2.56. The van der Waals surface area contributed by atoms with Crippen LogP contribution in [0.4, 0.5) is 11.4 Å². The fourth-order valence-corrected chi connectivity index (χ4v) is 4.88. The van der Waals surface area contributed by atoms with Gasteiger partial charge in [0.25, 0.3) is 0 Å². The molecule has 6 nitrogen and oxygen atoms in total. The van der Waals surface area contributed by atoms with Crippen molar-refractivity contribution < 1.29 is 14.3 Å². The number of hydrogen-bond donors (Lipinski definition) is 1. The van der Waals surface area contributed by atoms with Crippen molar-refractivity contribution in [3.63, 3.8) is 0 Å². The molecule has 1 aliphatic heterocycles. The van der Waals surface area contributed by atoms with E-state index in [1.54, 1.807) is 36.3 Å². The van der Waals surface area contributed by atoms with Crippen LogP contribution >= 0.6 is 46.0 Å². The maximum absolute atomic E-state index is 13.2. The Morgan fingerprint density at radius 1 is 1.12 bits per heavy atom. The Morgan fingerprint density at radius 3 is 2.44 bits per heavy atom. The number of carbonyl (C=O) groups is 2. The molecule has 4 rings (SSSR count). The molecule has 0 aliphatic carbocycles. The van der Waals surface area contributed by atoms with E-state index in [9.17, 15) is 9.59 Å². The van der Waals surface area contributed by atoms with Crippen molar-refractivity contribution in [3.05, 3.63) is 87.0 Å². The molecule has 1 fully saturated rings. The molecule has 1 aliphatic rings. The fourth-order valence-electron chi connectivity index (χ4n) is 3.29. The van der Waals surface area contributed by atoms with Gasteiger partial charge in [-0.3, -0.25) is 14.5 Å². The quantitative estimate of drug-likeness (QED) is 0.344. The van der Waals surface area contributed by atoms with Crippen LogP contribution < -0.4 is 10.1 Å². The van der Waals surface area contributed by atoms with Gasteiger partial charge >= 0.3 is 0 Å². The third-order valence-corrected chi connectivity index (χ3v) is 7.25. The normalized spacial score (nSPS) is 17.0. The summed E-state index contributed by atoms with van der Waals surface area (Å²) in [5, 5.41) is 3.38. The fraction of sp³-hybridized carbons (Fsp3) is 0.160. The summed E-state index contributed by atoms with van der Waals surface area (Å²) in [5.74, 6) is 0.350. The molecular formula is C25H21ClIN3O3S. The molecule has 0 bridgehead atoms. The first-order valence-corrected chi connectivity index (χ1v) is 12.8. The first-order chi connectivity index (χ1) is 16.4. The van der Waals surface area contributed by atoms with Crippen LogP contribution in [0.1, 0.15) is 12.0 Å². The maximum atomic E-state index is 13.2. The van der Waals surface area contributed by atoms with E-state index < -0.39 is 5.25 Å². The summed E-state index contributed by atoms with van der Waals surface area (Å²) in [6, 6.07) is 22.1. The molecule has 1 heterocycles. The minimum absolute atomic E-state index is 0.0800. The van der Waals surface area contributed by atoms with Crippen molar-refractivity contribution in [2.75, 3.05) is 12.4 Å². The lowest BCUT2D eigenvalue weighted by Gasteiger charge is -2.32. The van der Waals surface area contributed by atoms with Crippen LogP contribution in [-0.2, 0) is 16.1 Å². The number of halogens is 2. The van der Waals surface area contributed by atoms with Crippen molar-refractivity contribution >= 4 is 74.3 Å². The zero-order valence-electron chi connectivity index (χ0n) is 18.2. The minimum atomic E-state index is -0.593. The maximum Gasteiger partial charge on any atom is 0.238 e. The van der Waals surface area contributed by atoms with E-state index in [4.69, 9.17) is 21.3 Å². The topological polar surface area (TPSA) is 71.0 Å². The van der Waals surface area contributed by atoms with E-state index in [1.165, 1.54) is 11.8 Å². The number of anilines is 1. The Morgan fingerprint density at radius 2 is 1.79 bits per heavy atom. The molecule has 0 spiro atoms. The highest BCUT2D eigenvalue weighted by Crippen LogP contribution is 2.31. The number of nitrogens with zero attached hydrogens (tertiary/aromatic N) is 2. The third kappa shape index (κ3) is 6.31. The number of benzene rings is 3. The number of amidine groups is 1.